The van der Waals surface area contributed by atoms with Crippen molar-refractivity contribution in [3.05, 3.63) is 60.4 Å². The summed E-state index contributed by atoms with van der Waals surface area (Å²) in [4.78, 5) is 52.0. The summed E-state index contributed by atoms with van der Waals surface area (Å²) in [5, 5.41) is 1.06. The molecule has 2 saturated heterocycles. The van der Waals surface area contributed by atoms with Gasteiger partial charge in [-0.15, -0.1) is 0 Å². The molecule has 1 saturated carbocycles. The summed E-state index contributed by atoms with van der Waals surface area (Å²) >= 11 is 0. The van der Waals surface area contributed by atoms with Crippen molar-refractivity contribution >= 4 is 34.5 Å². The van der Waals surface area contributed by atoms with Gasteiger partial charge in [0.15, 0.2) is 0 Å². The Balaban J connectivity index is 1.12. The molecule has 218 valence electrons. The topological polar surface area (TPSA) is 89.7 Å². The lowest BCUT2D eigenvalue weighted by molar-refractivity contribution is -0.141. The molecule has 9 nitrogen and oxygen atoms in total. The Bertz CT molecular complexity index is 1560. The number of carbonyl (C=O) groups is 3. The molecule has 3 aliphatic heterocycles. The first-order valence-corrected chi connectivity index (χ1v) is 15.0. The van der Waals surface area contributed by atoms with Crippen LogP contribution in [-0.4, -0.2) is 102 Å². The Morgan fingerprint density at radius 3 is 2.33 bits per heavy atom. The summed E-state index contributed by atoms with van der Waals surface area (Å²) in [7, 11) is 3.78. The number of furan rings is 1. The van der Waals surface area contributed by atoms with Crippen molar-refractivity contribution in [1.29, 1.82) is 0 Å². The number of fused-ring (bicyclic) bond motifs is 1. The molecule has 42 heavy (non-hydrogen) atoms. The number of benzene rings is 2. The molecule has 4 heterocycles. The molecule has 0 unspecified atom stereocenters. The molecule has 1 spiro atoms. The summed E-state index contributed by atoms with van der Waals surface area (Å²) in [6.45, 7) is 3.34. The quantitative estimate of drug-likeness (QED) is 0.436. The summed E-state index contributed by atoms with van der Waals surface area (Å²) in [5.41, 5.74) is 3.09. The standard InChI is InChI=1S/C33H37N5O4/c1-35(2)21-29(39)36-14-12-33(13-15-36)32(41)38(20-22-18-37(19-22)31(40)25-7-8-25)30(34-33)24-5-3-23(4-6-24)26-9-10-28-27(17-26)11-16-42-28/h3-6,9-11,16-17,22,25H,7-8,12-15,18-21H2,1-2H3. The first kappa shape index (κ1) is 26.9. The number of hydrogen-bond donors (Lipinski definition) is 0. The second-order valence-electron chi connectivity index (χ2n) is 12.6. The van der Waals surface area contributed by atoms with Crippen LogP contribution < -0.4 is 0 Å². The number of rotatable bonds is 7. The third kappa shape index (κ3) is 4.89. The van der Waals surface area contributed by atoms with Gasteiger partial charge in [-0.3, -0.25) is 24.3 Å². The average molecular weight is 568 g/mol. The molecule has 0 radical (unpaired) electrons. The Labute approximate surface area is 245 Å². The fourth-order valence-corrected chi connectivity index (χ4v) is 6.54. The highest BCUT2D eigenvalue weighted by Crippen LogP contribution is 2.38. The van der Waals surface area contributed by atoms with E-state index >= 15 is 0 Å². The Hall–Kier alpha value is -3.98. The van der Waals surface area contributed by atoms with E-state index in [2.05, 4.69) is 24.3 Å². The van der Waals surface area contributed by atoms with Gasteiger partial charge in [-0.05, 0) is 69.1 Å². The van der Waals surface area contributed by atoms with Crippen molar-refractivity contribution < 1.29 is 18.8 Å². The third-order valence-corrected chi connectivity index (χ3v) is 9.18. The third-order valence-electron chi connectivity index (χ3n) is 9.18. The van der Waals surface area contributed by atoms with Gasteiger partial charge in [0.1, 0.15) is 17.0 Å². The summed E-state index contributed by atoms with van der Waals surface area (Å²) < 4.78 is 5.49. The van der Waals surface area contributed by atoms with Crippen LogP contribution in [0, 0.1) is 11.8 Å². The first-order valence-electron chi connectivity index (χ1n) is 15.0. The van der Waals surface area contributed by atoms with Crippen LogP contribution in [0.2, 0.25) is 0 Å². The van der Waals surface area contributed by atoms with Crippen molar-refractivity contribution in [2.45, 2.75) is 31.2 Å². The van der Waals surface area contributed by atoms with Gasteiger partial charge in [0.25, 0.3) is 5.91 Å². The van der Waals surface area contributed by atoms with E-state index in [0.717, 1.165) is 40.5 Å². The SMILES string of the molecule is CN(C)CC(=O)N1CCC2(CC1)N=C(c1ccc(-c3ccc4occc4c3)cc1)N(CC1CN(C(=O)C3CC3)C1)C2=O. The summed E-state index contributed by atoms with van der Waals surface area (Å²) in [6, 6.07) is 16.4. The van der Waals surface area contributed by atoms with Gasteiger partial charge in [0.05, 0.1) is 12.8 Å². The fourth-order valence-electron chi connectivity index (χ4n) is 6.54. The van der Waals surface area contributed by atoms with Crippen LogP contribution in [0.4, 0.5) is 0 Å². The van der Waals surface area contributed by atoms with Gasteiger partial charge in [-0.1, -0.05) is 30.3 Å². The van der Waals surface area contributed by atoms with E-state index in [1.54, 1.807) is 6.26 Å². The predicted octanol–water partition coefficient (Wildman–Crippen LogP) is 3.48. The Morgan fingerprint density at radius 2 is 1.64 bits per heavy atom. The van der Waals surface area contributed by atoms with Crippen molar-refractivity contribution in [1.82, 2.24) is 19.6 Å². The van der Waals surface area contributed by atoms with Crippen molar-refractivity contribution in [3.8, 4) is 11.1 Å². The smallest absolute Gasteiger partial charge is 0.256 e. The number of carbonyl (C=O) groups excluding carboxylic acids is 3. The minimum absolute atomic E-state index is 0.0265. The normalized spacial score (nSPS) is 20.5. The van der Waals surface area contributed by atoms with E-state index in [4.69, 9.17) is 9.41 Å². The Morgan fingerprint density at radius 1 is 0.952 bits per heavy atom. The van der Waals surface area contributed by atoms with Gasteiger partial charge in [0, 0.05) is 55.5 Å². The molecule has 3 aromatic rings. The van der Waals surface area contributed by atoms with E-state index in [-0.39, 0.29) is 29.6 Å². The first-order chi connectivity index (χ1) is 20.3. The molecule has 9 heteroatoms. The van der Waals surface area contributed by atoms with Crippen LogP contribution in [-0.2, 0) is 14.4 Å². The van der Waals surface area contributed by atoms with E-state index in [1.807, 2.05) is 58.0 Å². The molecule has 7 rings (SSSR count). The van der Waals surface area contributed by atoms with Gasteiger partial charge in [-0.25, -0.2) is 0 Å². The van der Waals surface area contributed by atoms with E-state index < -0.39 is 5.54 Å². The predicted molar refractivity (Wildman–Crippen MR) is 160 cm³/mol. The molecule has 0 N–H and O–H groups in total. The number of amides is 3. The van der Waals surface area contributed by atoms with Crippen molar-refractivity contribution in [2.24, 2.45) is 16.8 Å². The highest BCUT2D eigenvalue weighted by molar-refractivity contribution is 6.15. The second-order valence-corrected chi connectivity index (χ2v) is 12.6. The minimum atomic E-state index is -0.845. The minimum Gasteiger partial charge on any atom is -0.464 e. The molecule has 2 aromatic carbocycles. The maximum atomic E-state index is 14.1. The number of likely N-dealkylation sites (N-methyl/N-ethyl adjacent to an activating group) is 1. The maximum absolute atomic E-state index is 14.1. The number of amidine groups is 1. The van der Waals surface area contributed by atoms with E-state index in [0.29, 0.717) is 57.9 Å². The zero-order chi connectivity index (χ0) is 29.0. The van der Waals surface area contributed by atoms with E-state index in [9.17, 15) is 14.4 Å². The molecule has 4 aliphatic rings. The zero-order valence-electron chi connectivity index (χ0n) is 24.3. The molecule has 3 fully saturated rings. The highest BCUT2D eigenvalue weighted by atomic mass is 16.3. The lowest BCUT2D eigenvalue weighted by Crippen LogP contribution is -2.57. The summed E-state index contributed by atoms with van der Waals surface area (Å²) in [5.74, 6) is 1.53. The molecule has 1 aliphatic carbocycles. The summed E-state index contributed by atoms with van der Waals surface area (Å²) in [6.07, 6.45) is 4.74. The number of likely N-dealkylation sites (tertiary alicyclic amines) is 2. The number of nitrogens with zero attached hydrogens (tertiary/aromatic N) is 5. The van der Waals surface area contributed by atoms with Crippen LogP contribution >= 0.6 is 0 Å². The number of hydrogen-bond acceptors (Lipinski definition) is 6. The lowest BCUT2D eigenvalue weighted by atomic mass is 9.87. The van der Waals surface area contributed by atoms with Crippen LogP contribution in [0.25, 0.3) is 22.1 Å². The van der Waals surface area contributed by atoms with Crippen LogP contribution in [0.1, 0.15) is 31.2 Å². The highest BCUT2D eigenvalue weighted by Gasteiger charge is 2.51. The molecule has 0 atom stereocenters. The van der Waals surface area contributed by atoms with Crippen LogP contribution in [0.5, 0.6) is 0 Å². The van der Waals surface area contributed by atoms with Gasteiger partial charge in [-0.2, -0.15) is 0 Å². The van der Waals surface area contributed by atoms with Crippen molar-refractivity contribution in [2.75, 3.05) is 53.4 Å². The zero-order valence-corrected chi connectivity index (χ0v) is 24.3. The van der Waals surface area contributed by atoms with Crippen LogP contribution in [0.15, 0.2) is 64.2 Å². The number of aliphatic imine (C=N–C) groups is 1. The maximum Gasteiger partial charge on any atom is 0.256 e. The molecule has 1 aromatic heterocycles. The van der Waals surface area contributed by atoms with Crippen molar-refractivity contribution in [3.63, 3.8) is 0 Å². The van der Waals surface area contributed by atoms with Gasteiger partial charge in [0.2, 0.25) is 11.8 Å². The largest absolute Gasteiger partial charge is 0.464 e. The van der Waals surface area contributed by atoms with Crippen LogP contribution in [0.3, 0.4) is 0 Å². The van der Waals surface area contributed by atoms with Gasteiger partial charge >= 0.3 is 0 Å². The monoisotopic (exact) mass is 567 g/mol. The molecular weight excluding hydrogens is 530 g/mol. The Kier molecular flexibility index (Phi) is 6.65. The second kappa shape index (κ2) is 10.4. The van der Waals surface area contributed by atoms with E-state index in [1.165, 1.54) is 0 Å². The molecule has 3 amide bonds. The molecular formula is C33H37N5O4. The fraction of sp³-hybridized carbons (Fsp3) is 0.455. The number of piperidine rings is 1. The lowest BCUT2D eigenvalue weighted by Gasteiger charge is -2.42. The molecule has 0 bridgehead atoms. The van der Waals surface area contributed by atoms with Gasteiger partial charge < -0.3 is 19.1 Å². The average Bonchev–Trinajstić information content (AvgIpc) is 3.66.